The molecule has 0 saturated carbocycles. The second-order valence-electron chi connectivity index (χ2n) is 6.66. The van der Waals surface area contributed by atoms with Crippen LogP contribution in [0.5, 0.6) is 5.75 Å². The lowest BCUT2D eigenvalue weighted by Gasteiger charge is -2.22. The highest BCUT2D eigenvalue weighted by Crippen LogP contribution is 2.22. The minimum Gasteiger partial charge on any atom is -0.410 e. The van der Waals surface area contributed by atoms with Gasteiger partial charge in [-0.25, -0.2) is 9.18 Å². The topological polar surface area (TPSA) is 41.6 Å². The van der Waals surface area contributed by atoms with Gasteiger partial charge in [0.1, 0.15) is 11.6 Å². The Balaban J connectivity index is 1.77. The lowest BCUT2D eigenvalue weighted by atomic mass is 10.1. The second kappa shape index (κ2) is 10.5. The predicted octanol–water partition coefficient (Wildman–Crippen LogP) is 6.22. The number of carbonyl (C=O) groups is 1. The molecular formula is C24H23FN2O2S. The molecule has 30 heavy (non-hydrogen) atoms. The number of nitrogens with zero attached hydrogens (tertiary/aromatic N) is 1. The Morgan fingerprint density at radius 3 is 2.47 bits per heavy atom. The van der Waals surface area contributed by atoms with E-state index < -0.39 is 6.09 Å². The molecule has 0 fully saturated rings. The van der Waals surface area contributed by atoms with E-state index in [1.54, 1.807) is 30.3 Å². The number of carbonyl (C=O) groups excluding carboxylic acids is 1. The summed E-state index contributed by atoms with van der Waals surface area (Å²) in [6.07, 6.45) is 0.824. The molecule has 0 heterocycles. The van der Waals surface area contributed by atoms with Gasteiger partial charge >= 0.3 is 6.09 Å². The molecule has 0 bridgehead atoms. The highest BCUT2D eigenvalue weighted by Gasteiger charge is 2.18. The van der Waals surface area contributed by atoms with Gasteiger partial charge in [0, 0.05) is 24.0 Å². The first-order valence-corrected chi connectivity index (χ1v) is 10.1. The molecule has 3 rings (SSSR count). The first-order chi connectivity index (χ1) is 14.5. The summed E-state index contributed by atoms with van der Waals surface area (Å²) in [6.45, 7) is 2.36. The van der Waals surface area contributed by atoms with Crippen molar-refractivity contribution in [2.75, 3.05) is 16.8 Å². The maximum atomic E-state index is 13.4. The summed E-state index contributed by atoms with van der Waals surface area (Å²) < 4.78 is 19.0. The summed E-state index contributed by atoms with van der Waals surface area (Å²) in [7, 11) is 0. The summed E-state index contributed by atoms with van der Waals surface area (Å²) in [4.78, 5) is 15.2. The number of halogens is 1. The number of anilines is 2. The third-order valence-electron chi connectivity index (χ3n) is 4.47. The molecule has 1 amide bonds. The van der Waals surface area contributed by atoms with Crippen LogP contribution in [0.4, 0.5) is 20.6 Å². The average Bonchev–Trinajstić information content (AvgIpc) is 2.76. The van der Waals surface area contributed by atoms with E-state index in [-0.39, 0.29) is 5.82 Å². The first-order valence-electron chi connectivity index (χ1n) is 9.74. The molecule has 0 unspecified atom stereocenters. The Hall–Kier alpha value is -3.25. The van der Waals surface area contributed by atoms with Crippen LogP contribution in [0, 0.1) is 5.82 Å². The third-order valence-corrected chi connectivity index (χ3v) is 4.86. The summed E-state index contributed by atoms with van der Waals surface area (Å²) in [5.41, 5.74) is 2.42. The molecule has 3 aromatic rings. The van der Waals surface area contributed by atoms with Gasteiger partial charge in [0.2, 0.25) is 0 Å². The Labute approximate surface area is 181 Å². The van der Waals surface area contributed by atoms with Gasteiger partial charge in [-0.1, -0.05) is 55.5 Å². The van der Waals surface area contributed by atoms with Gasteiger partial charge in [0.25, 0.3) is 0 Å². The van der Waals surface area contributed by atoms with E-state index in [0.717, 1.165) is 17.7 Å². The predicted molar refractivity (Wildman–Crippen MR) is 123 cm³/mol. The summed E-state index contributed by atoms with van der Waals surface area (Å²) in [6, 6.07) is 22.7. The number of hydrogen-bond donors (Lipinski definition) is 1. The smallest absolute Gasteiger partial charge is 0.410 e. The number of ether oxygens (including phenoxy) is 1. The fourth-order valence-corrected chi connectivity index (χ4v) is 2.99. The zero-order chi connectivity index (χ0) is 21.3. The van der Waals surface area contributed by atoms with Crippen LogP contribution in [0.25, 0.3) is 0 Å². The normalized spacial score (nSPS) is 10.3. The Morgan fingerprint density at radius 1 is 1.03 bits per heavy atom. The Bertz CT molecular complexity index is 994. The van der Waals surface area contributed by atoms with Crippen molar-refractivity contribution in [3.63, 3.8) is 0 Å². The van der Waals surface area contributed by atoms with Gasteiger partial charge in [-0.3, -0.25) is 4.90 Å². The van der Waals surface area contributed by atoms with Crippen LogP contribution in [0.2, 0.25) is 0 Å². The quantitative estimate of drug-likeness (QED) is 0.459. The molecule has 154 valence electrons. The third kappa shape index (κ3) is 6.12. The molecule has 0 aliphatic carbocycles. The largest absolute Gasteiger partial charge is 0.419 e. The maximum Gasteiger partial charge on any atom is 0.419 e. The number of amides is 1. The summed E-state index contributed by atoms with van der Waals surface area (Å²) in [5.74, 6) is 0.0384. The number of thiocarbonyl (C=S) groups is 1. The van der Waals surface area contributed by atoms with Crippen molar-refractivity contribution in [2.24, 2.45) is 0 Å². The summed E-state index contributed by atoms with van der Waals surface area (Å²) in [5, 5.41) is 3.10. The van der Waals surface area contributed by atoms with Crippen LogP contribution in [-0.2, 0) is 6.42 Å². The number of nitrogens with one attached hydrogen (secondary N) is 1. The highest BCUT2D eigenvalue weighted by molar-refractivity contribution is 7.80. The van der Waals surface area contributed by atoms with Crippen molar-refractivity contribution in [2.45, 2.75) is 19.8 Å². The average molecular weight is 423 g/mol. The van der Waals surface area contributed by atoms with Crippen LogP contribution < -0.4 is 15.0 Å². The van der Waals surface area contributed by atoms with Crippen molar-refractivity contribution < 1.29 is 13.9 Å². The van der Waals surface area contributed by atoms with Gasteiger partial charge in [-0.05, 0) is 54.8 Å². The van der Waals surface area contributed by atoms with E-state index in [1.165, 1.54) is 17.0 Å². The molecular weight excluding hydrogens is 399 g/mol. The van der Waals surface area contributed by atoms with E-state index >= 15 is 0 Å². The fourth-order valence-electron chi connectivity index (χ4n) is 2.88. The van der Waals surface area contributed by atoms with E-state index in [1.807, 2.05) is 43.3 Å². The monoisotopic (exact) mass is 422 g/mol. The second-order valence-corrected chi connectivity index (χ2v) is 7.15. The van der Waals surface area contributed by atoms with Gasteiger partial charge in [0.05, 0.1) is 4.99 Å². The van der Waals surface area contributed by atoms with Crippen LogP contribution >= 0.6 is 12.2 Å². The van der Waals surface area contributed by atoms with Gasteiger partial charge in [-0.15, -0.1) is 0 Å². The first kappa shape index (κ1) is 21.5. The molecule has 0 aliphatic heterocycles. The molecule has 0 saturated heterocycles. The SMILES string of the molecule is CCC(=S)Nc1cccc(OC(=O)N(CCc2ccccc2)c2ccc(F)cc2)c1. The molecule has 0 atom stereocenters. The van der Waals surface area contributed by atoms with Crippen molar-refractivity contribution in [1.29, 1.82) is 0 Å². The highest BCUT2D eigenvalue weighted by atomic mass is 32.1. The summed E-state index contributed by atoms with van der Waals surface area (Å²) >= 11 is 5.21. The Kier molecular flexibility index (Phi) is 7.51. The van der Waals surface area contributed by atoms with E-state index in [4.69, 9.17) is 17.0 Å². The zero-order valence-electron chi connectivity index (χ0n) is 16.7. The maximum absolute atomic E-state index is 13.4. The Morgan fingerprint density at radius 2 is 1.77 bits per heavy atom. The van der Waals surface area contributed by atoms with Gasteiger partial charge in [0.15, 0.2) is 0 Å². The van der Waals surface area contributed by atoms with Gasteiger partial charge < -0.3 is 10.1 Å². The molecule has 0 radical (unpaired) electrons. The van der Waals surface area contributed by atoms with E-state index in [2.05, 4.69) is 5.32 Å². The van der Waals surface area contributed by atoms with Crippen LogP contribution in [0.3, 0.4) is 0 Å². The lowest BCUT2D eigenvalue weighted by molar-refractivity contribution is 0.207. The standard InChI is InChI=1S/C24H23FN2O2S/c1-2-23(30)26-20-9-6-10-22(17-20)29-24(28)27(21-13-11-19(25)12-14-21)16-15-18-7-4-3-5-8-18/h3-14,17H,2,15-16H2,1H3,(H,26,30). The van der Waals surface area contributed by atoms with E-state index in [0.29, 0.717) is 29.4 Å². The molecule has 1 N–H and O–H groups in total. The van der Waals surface area contributed by atoms with Crippen LogP contribution in [0.15, 0.2) is 78.9 Å². The van der Waals surface area contributed by atoms with E-state index in [9.17, 15) is 9.18 Å². The van der Waals surface area contributed by atoms with Crippen molar-refractivity contribution >= 4 is 34.7 Å². The number of hydrogen-bond acceptors (Lipinski definition) is 3. The minimum atomic E-state index is -0.534. The van der Waals surface area contributed by atoms with Crippen LogP contribution in [-0.4, -0.2) is 17.6 Å². The zero-order valence-corrected chi connectivity index (χ0v) is 17.5. The lowest BCUT2D eigenvalue weighted by Crippen LogP contribution is -2.35. The van der Waals surface area contributed by atoms with Crippen LogP contribution in [0.1, 0.15) is 18.9 Å². The van der Waals surface area contributed by atoms with Crippen molar-refractivity contribution in [3.8, 4) is 5.75 Å². The molecule has 6 heteroatoms. The van der Waals surface area contributed by atoms with Gasteiger partial charge in [-0.2, -0.15) is 0 Å². The van der Waals surface area contributed by atoms with Crippen molar-refractivity contribution in [3.05, 3.63) is 90.2 Å². The fraction of sp³-hybridized carbons (Fsp3) is 0.167. The minimum absolute atomic E-state index is 0.360. The molecule has 0 aliphatic rings. The number of rotatable bonds is 7. The molecule has 3 aromatic carbocycles. The number of benzene rings is 3. The van der Waals surface area contributed by atoms with Crippen molar-refractivity contribution in [1.82, 2.24) is 0 Å². The molecule has 4 nitrogen and oxygen atoms in total. The molecule has 0 spiro atoms. The molecule has 0 aromatic heterocycles.